The Labute approximate surface area is 140 Å². The van der Waals surface area contributed by atoms with Gasteiger partial charge in [-0.3, -0.25) is 0 Å². The summed E-state index contributed by atoms with van der Waals surface area (Å²) in [6, 6.07) is 7.67. The molecule has 1 aliphatic heterocycles. The normalized spacial score (nSPS) is 18.6. The molecule has 2 atom stereocenters. The average molecular weight is 332 g/mol. The Hall–Kier alpha value is -2.25. The van der Waals surface area contributed by atoms with Crippen LogP contribution in [0.2, 0.25) is 0 Å². The van der Waals surface area contributed by atoms with Gasteiger partial charge in [-0.25, -0.2) is 14.4 Å². The van der Waals surface area contributed by atoms with Crippen molar-refractivity contribution in [2.24, 2.45) is 0 Å². The minimum atomic E-state index is -0.763. The fourth-order valence-corrected chi connectivity index (χ4v) is 2.93. The molecule has 2 aromatic rings. The molecule has 0 radical (unpaired) electrons. The van der Waals surface area contributed by atoms with E-state index in [0.717, 1.165) is 25.2 Å². The van der Waals surface area contributed by atoms with Gasteiger partial charge in [-0.2, -0.15) is 0 Å². The summed E-state index contributed by atoms with van der Waals surface area (Å²) in [5.41, 5.74) is 0.637. The standard InChI is InChI=1S/C17H21FN4O2/c18-13-5-3-12(4-6-13)15(24)9-19-16-8-17(21-11-20-16)22-7-1-2-14(22)10-23/h3-6,8,11,14-15,23-24H,1-2,7,9-10H2,(H,19,20,21)/t14-,15+/m1/s1. The lowest BCUT2D eigenvalue weighted by molar-refractivity contribution is 0.191. The predicted octanol–water partition coefficient (Wildman–Crippen LogP) is 1.72. The van der Waals surface area contributed by atoms with Crippen molar-refractivity contribution in [3.8, 4) is 0 Å². The van der Waals surface area contributed by atoms with E-state index in [1.54, 1.807) is 12.1 Å². The first kappa shape index (κ1) is 16.6. The number of nitrogens with zero attached hydrogens (tertiary/aromatic N) is 3. The Morgan fingerprint density at radius 2 is 2.08 bits per heavy atom. The fourth-order valence-electron chi connectivity index (χ4n) is 2.93. The van der Waals surface area contributed by atoms with Gasteiger partial charge in [0.15, 0.2) is 0 Å². The monoisotopic (exact) mass is 332 g/mol. The van der Waals surface area contributed by atoms with Crippen LogP contribution in [0.15, 0.2) is 36.7 Å². The maximum Gasteiger partial charge on any atom is 0.134 e. The van der Waals surface area contributed by atoms with Crippen LogP contribution in [0.5, 0.6) is 0 Å². The maximum absolute atomic E-state index is 12.9. The zero-order valence-electron chi connectivity index (χ0n) is 13.3. The van der Waals surface area contributed by atoms with Crippen molar-refractivity contribution in [1.82, 2.24) is 9.97 Å². The fraction of sp³-hybridized carbons (Fsp3) is 0.412. The SMILES string of the molecule is OC[C@H]1CCCN1c1cc(NC[C@H](O)c2ccc(F)cc2)ncn1. The third kappa shape index (κ3) is 3.80. The lowest BCUT2D eigenvalue weighted by Crippen LogP contribution is -2.32. The number of halogens is 1. The minimum absolute atomic E-state index is 0.0950. The van der Waals surface area contributed by atoms with E-state index < -0.39 is 6.10 Å². The number of anilines is 2. The molecule has 6 nitrogen and oxygen atoms in total. The highest BCUT2D eigenvalue weighted by Crippen LogP contribution is 2.24. The van der Waals surface area contributed by atoms with Crippen LogP contribution in [0.1, 0.15) is 24.5 Å². The second kappa shape index (κ2) is 7.55. The van der Waals surface area contributed by atoms with Gasteiger partial charge in [-0.15, -0.1) is 0 Å². The molecule has 1 aromatic heterocycles. The molecule has 1 fully saturated rings. The zero-order chi connectivity index (χ0) is 16.9. The molecule has 0 aliphatic carbocycles. The van der Waals surface area contributed by atoms with Crippen molar-refractivity contribution in [1.29, 1.82) is 0 Å². The number of aliphatic hydroxyl groups excluding tert-OH is 2. The van der Waals surface area contributed by atoms with Gasteiger partial charge >= 0.3 is 0 Å². The average Bonchev–Trinajstić information content (AvgIpc) is 3.09. The molecule has 0 bridgehead atoms. The van der Waals surface area contributed by atoms with E-state index in [1.165, 1.54) is 18.5 Å². The Bertz CT molecular complexity index is 668. The number of hydrogen-bond acceptors (Lipinski definition) is 6. The van der Waals surface area contributed by atoms with Gasteiger partial charge in [-0.05, 0) is 30.5 Å². The molecule has 1 aromatic carbocycles. The molecule has 3 N–H and O–H groups in total. The smallest absolute Gasteiger partial charge is 0.134 e. The van der Waals surface area contributed by atoms with Crippen molar-refractivity contribution in [2.45, 2.75) is 25.0 Å². The Kier molecular flexibility index (Phi) is 5.22. The molecule has 1 saturated heterocycles. The van der Waals surface area contributed by atoms with E-state index in [2.05, 4.69) is 20.2 Å². The Morgan fingerprint density at radius 1 is 1.29 bits per heavy atom. The van der Waals surface area contributed by atoms with Crippen LogP contribution in [0, 0.1) is 5.82 Å². The zero-order valence-corrected chi connectivity index (χ0v) is 13.3. The largest absolute Gasteiger partial charge is 0.394 e. The van der Waals surface area contributed by atoms with E-state index >= 15 is 0 Å². The number of aliphatic hydroxyl groups is 2. The first-order valence-corrected chi connectivity index (χ1v) is 8.04. The highest BCUT2D eigenvalue weighted by Gasteiger charge is 2.25. The molecule has 0 unspecified atom stereocenters. The molecular weight excluding hydrogens is 311 g/mol. The second-order valence-corrected chi connectivity index (χ2v) is 5.88. The summed E-state index contributed by atoms with van der Waals surface area (Å²) < 4.78 is 12.9. The van der Waals surface area contributed by atoms with E-state index in [4.69, 9.17) is 0 Å². The summed E-state index contributed by atoms with van der Waals surface area (Å²) >= 11 is 0. The van der Waals surface area contributed by atoms with Crippen LogP contribution < -0.4 is 10.2 Å². The van der Waals surface area contributed by atoms with Crippen LogP contribution in [0.3, 0.4) is 0 Å². The number of aromatic nitrogens is 2. The first-order chi connectivity index (χ1) is 11.7. The highest BCUT2D eigenvalue weighted by atomic mass is 19.1. The molecule has 0 spiro atoms. The van der Waals surface area contributed by atoms with Crippen LogP contribution in [0.25, 0.3) is 0 Å². The van der Waals surface area contributed by atoms with Gasteiger partial charge in [0.2, 0.25) is 0 Å². The summed E-state index contributed by atoms with van der Waals surface area (Å²) in [5.74, 6) is 1.04. The van der Waals surface area contributed by atoms with Gasteiger partial charge < -0.3 is 20.4 Å². The number of benzene rings is 1. The molecule has 2 heterocycles. The van der Waals surface area contributed by atoms with Gasteiger partial charge in [-0.1, -0.05) is 12.1 Å². The third-order valence-corrected chi connectivity index (χ3v) is 4.27. The summed E-state index contributed by atoms with van der Waals surface area (Å²) in [7, 11) is 0. The van der Waals surface area contributed by atoms with Crippen molar-refractivity contribution in [3.05, 3.63) is 48.0 Å². The van der Waals surface area contributed by atoms with Gasteiger partial charge in [0.1, 0.15) is 23.8 Å². The lowest BCUT2D eigenvalue weighted by Gasteiger charge is -2.24. The molecule has 1 aliphatic rings. The molecule has 128 valence electrons. The first-order valence-electron chi connectivity index (χ1n) is 8.04. The molecular formula is C17H21FN4O2. The van der Waals surface area contributed by atoms with Crippen molar-refractivity contribution in [3.63, 3.8) is 0 Å². The summed E-state index contributed by atoms with van der Waals surface area (Å²) in [5, 5.41) is 22.7. The highest BCUT2D eigenvalue weighted by molar-refractivity contribution is 5.50. The second-order valence-electron chi connectivity index (χ2n) is 5.88. The third-order valence-electron chi connectivity index (χ3n) is 4.27. The van der Waals surface area contributed by atoms with Crippen LogP contribution in [0.4, 0.5) is 16.0 Å². The summed E-state index contributed by atoms with van der Waals surface area (Å²) in [4.78, 5) is 10.5. The molecule has 0 amide bonds. The van der Waals surface area contributed by atoms with Crippen molar-refractivity contribution in [2.75, 3.05) is 29.9 Å². The van der Waals surface area contributed by atoms with Gasteiger partial charge in [0, 0.05) is 19.2 Å². The van der Waals surface area contributed by atoms with E-state index in [-0.39, 0.29) is 25.0 Å². The molecule has 0 saturated carbocycles. The number of rotatable bonds is 6. The lowest BCUT2D eigenvalue weighted by atomic mass is 10.1. The maximum atomic E-state index is 12.9. The van der Waals surface area contributed by atoms with E-state index in [9.17, 15) is 14.6 Å². The van der Waals surface area contributed by atoms with Gasteiger partial charge in [0.25, 0.3) is 0 Å². The Balaban J connectivity index is 1.63. The predicted molar refractivity (Wildman–Crippen MR) is 89.3 cm³/mol. The van der Waals surface area contributed by atoms with Crippen molar-refractivity contribution < 1.29 is 14.6 Å². The molecule has 24 heavy (non-hydrogen) atoms. The Morgan fingerprint density at radius 3 is 2.83 bits per heavy atom. The van der Waals surface area contributed by atoms with Crippen LogP contribution in [-0.2, 0) is 0 Å². The van der Waals surface area contributed by atoms with E-state index in [0.29, 0.717) is 11.4 Å². The number of hydrogen-bond donors (Lipinski definition) is 3. The molecule has 7 heteroatoms. The van der Waals surface area contributed by atoms with E-state index in [1.807, 2.05) is 6.07 Å². The summed E-state index contributed by atoms with van der Waals surface area (Å²) in [6.45, 7) is 1.22. The topological polar surface area (TPSA) is 81.5 Å². The minimum Gasteiger partial charge on any atom is -0.394 e. The van der Waals surface area contributed by atoms with Crippen molar-refractivity contribution >= 4 is 11.6 Å². The number of nitrogens with one attached hydrogen (secondary N) is 1. The van der Waals surface area contributed by atoms with Crippen LogP contribution in [-0.4, -0.2) is 45.9 Å². The quantitative estimate of drug-likeness (QED) is 0.747. The molecule has 3 rings (SSSR count). The van der Waals surface area contributed by atoms with Crippen LogP contribution >= 0.6 is 0 Å². The van der Waals surface area contributed by atoms with Gasteiger partial charge in [0.05, 0.1) is 18.8 Å². The summed E-state index contributed by atoms with van der Waals surface area (Å²) in [6.07, 6.45) is 2.68.